The van der Waals surface area contributed by atoms with Crippen LogP contribution in [0.3, 0.4) is 0 Å². The molecule has 0 amide bonds. The SMILES string of the molecule is COC(=O)c1ccc(SC(F)(F)F)c(F)c1C#N. The summed E-state index contributed by atoms with van der Waals surface area (Å²) >= 11 is -0.693. The van der Waals surface area contributed by atoms with E-state index in [0.717, 1.165) is 19.2 Å². The Kier molecular flexibility index (Phi) is 4.19. The molecule has 0 atom stereocenters. The fourth-order valence-electron chi connectivity index (χ4n) is 1.15. The van der Waals surface area contributed by atoms with Crippen LogP contribution >= 0.6 is 11.8 Å². The van der Waals surface area contributed by atoms with Gasteiger partial charge in [-0.1, -0.05) is 0 Å². The average molecular weight is 279 g/mol. The highest BCUT2D eigenvalue weighted by molar-refractivity contribution is 8.00. The Bertz CT molecular complexity index is 522. The summed E-state index contributed by atoms with van der Waals surface area (Å²) < 4.78 is 54.2. The summed E-state index contributed by atoms with van der Waals surface area (Å²) in [6.07, 6.45) is 0. The number of carbonyl (C=O) groups excluding carboxylic acids is 1. The van der Waals surface area contributed by atoms with Crippen LogP contribution in [0.4, 0.5) is 17.6 Å². The summed E-state index contributed by atoms with van der Waals surface area (Å²) in [4.78, 5) is 10.4. The van der Waals surface area contributed by atoms with Crippen molar-refractivity contribution in [3.05, 3.63) is 29.1 Å². The van der Waals surface area contributed by atoms with Gasteiger partial charge in [-0.05, 0) is 23.9 Å². The van der Waals surface area contributed by atoms with E-state index in [1.807, 2.05) is 0 Å². The van der Waals surface area contributed by atoms with Crippen molar-refractivity contribution in [3.8, 4) is 6.07 Å². The van der Waals surface area contributed by atoms with Crippen LogP contribution in [0, 0.1) is 17.1 Å². The summed E-state index contributed by atoms with van der Waals surface area (Å²) in [5.41, 5.74) is -5.86. The maximum absolute atomic E-state index is 13.6. The lowest BCUT2D eigenvalue weighted by molar-refractivity contribution is -0.0329. The Morgan fingerprint density at radius 3 is 2.50 bits per heavy atom. The predicted octanol–water partition coefficient (Wildman–Crippen LogP) is 3.10. The molecule has 0 bridgehead atoms. The molecule has 1 rings (SSSR count). The van der Waals surface area contributed by atoms with E-state index in [-0.39, 0.29) is 0 Å². The minimum absolute atomic E-state index is 0.413. The second-order valence-corrected chi connectivity index (χ2v) is 4.06. The van der Waals surface area contributed by atoms with Crippen LogP contribution < -0.4 is 0 Å². The maximum atomic E-state index is 13.6. The Morgan fingerprint density at radius 1 is 1.44 bits per heavy atom. The van der Waals surface area contributed by atoms with Gasteiger partial charge in [-0.2, -0.15) is 18.4 Å². The molecule has 0 saturated carbocycles. The lowest BCUT2D eigenvalue weighted by Gasteiger charge is -2.09. The molecule has 0 N–H and O–H groups in total. The number of rotatable bonds is 2. The van der Waals surface area contributed by atoms with Gasteiger partial charge in [0.15, 0.2) is 5.82 Å². The van der Waals surface area contributed by atoms with Gasteiger partial charge >= 0.3 is 11.5 Å². The van der Waals surface area contributed by atoms with Gasteiger partial charge in [-0.3, -0.25) is 0 Å². The molecule has 0 heterocycles. The number of alkyl halides is 3. The first kappa shape index (κ1) is 14.3. The van der Waals surface area contributed by atoms with Crippen molar-refractivity contribution in [1.82, 2.24) is 0 Å². The van der Waals surface area contributed by atoms with Gasteiger partial charge in [0.1, 0.15) is 11.6 Å². The molecule has 0 fully saturated rings. The molecule has 18 heavy (non-hydrogen) atoms. The predicted molar refractivity (Wildman–Crippen MR) is 54.4 cm³/mol. The number of methoxy groups -OCH3 is 1. The maximum Gasteiger partial charge on any atom is 0.446 e. The summed E-state index contributed by atoms with van der Waals surface area (Å²) in [6, 6.07) is 3.05. The molecule has 0 aliphatic heterocycles. The molecule has 1 aromatic rings. The highest BCUT2D eigenvalue weighted by atomic mass is 32.2. The van der Waals surface area contributed by atoms with Crippen molar-refractivity contribution in [2.24, 2.45) is 0 Å². The molecule has 0 spiro atoms. The van der Waals surface area contributed by atoms with E-state index in [9.17, 15) is 22.4 Å². The lowest BCUT2D eigenvalue weighted by Crippen LogP contribution is -2.08. The molecular weight excluding hydrogens is 274 g/mol. The third-order valence-corrected chi connectivity index (χ3v) is 2.62. The van der Waals surface area contributed by atoms with E-state index < -0.39 is 45.1 Å². The van der Waals surface area contributed by atoms with Crippen LogP contribution in [-0.4, -0.2) is 18.6 Å². The number of esters is 1. The normalized spacial score (nSPS) is 10.9. The molecule has 0 aromatic heterocycles. The van der Waals surface area contributed by atoms with Gasteiger partial charge in [0.25, 0.3) is 0 Å². The van der Waals surface area contributed by atoms with E-state index in [1.165, 1.54) is 6.07 Å². The molecule has 0 aliphatic carbocycles. The number of thioether (sulfide) groups is 1. The van der Waals surface area contributed by atoms with Crippen molar-refractivity contribution in [3.63, 3.8) is 0 Å². The van der Waals surface area contributed by atoms with E-state index in [0.29, 0.717) is 0 Å². The quantitative estimate of drug-likeness (QED) is 0.474. The first-order chi connectivity index (χ1) is 8.30. The highest BCUT2D eigenvalue weighted by Gasteiger charge is 2.32. The van der Waals surface area contributed by atoms with E-state index in [2.05, 4.69) is 4.74 Å². The first-order valence-corrected chi connectivity index (χ1v) is 5.18. The summed E-state index contributed by atoms with van der Waals surface area (Å²) in [5, 5.41) is 8.68. The second-order valence-electron chi connectivity index (χ2n) is 2.95. The minimum atomic E-state index is -4.68. The number of ether oxygens (including phenoxy) is 1. The summed E-state index contributed by atoms with van der Waals surface area (Å²) in [6.45, 7) is 0. The van der Waals surface area contributed by atoms with Gasteiger partial charge in [0.2, 0.25) is 0 Å². The number of nitrogens with zero attached hydrogens (tertiary/aromatic N) is 1. The zero-order valence-corrected chi connectivity index (χ0v) is 9.66. The third-order valence-electron chi connectivity index (χ3n) is 1.85. The van der Waals surface area contributed by atoms with Crippen molar-refractivity contribution < 1.29 is 27.1 Å². The monoisotopic (exact) mass is 279 g/mol. The fraction of sp³-hybridized carbons (Fsp3) is 0.200. The Morgan fingerprint density at radius 2 is 2.06 bits per heavy atom. The fourth-order valence-corrected chi connectivity index (χ4v) is 1.73. The molecular formula is C10H5F4NO2S. The molecule has 1 aromatic carbocycles. The standard InChI is InChI=1S/C10H5F4NO2S/c1-17-9(16)5-2-3-7(18-10(12,13)14)8(11)6(5)4-15/h2-3H,1H3. The van der Waals surface area contributed by atoms with Gasteiger partial charge in [0, 0.05) is 0 Å². The van der Waals surface area contributed by atoms with Crippen LogP contribution in [0.2, 0.25) is 0 Å². The molecule has 0 aliphatic rings. The smallest absolute Gasteiger partial charge is 0.446 e. The van der Waals surface area contributed by atoms with Crippen molar-refractivity contribution >= 4 is 17.7 Å². The Labute approximate surface area is 103 Å². The Hall–Kier alpha value is -1.75. The largest absolute Gasteiger partial charge is 0.465 e. The van der Waals surface area contributed by atoms with E-state index in [4.69, 9.17) is 5.26 Å². The van der Waals surface area contributed by atoms with Crippen molar-refractivity contribution in [1.29, 1.82) is 5.26 Å². The minimum Gasteiger partial charge on any atom is -0.465 e. The van der Waals surface area contributed by atoms with Crippen LogP contribution in [0.1, 0.15) is 15.9 Å². The lowest BCUT2D eigenvalue weighted by atomic mass is 10.1. The average Bonchev–Trinajstić information content (AvgIpc) is 2.28. The number of benzene rings is 1. The zero-order valence-electron chi connectivity index (χ0n) is 8.84. The van der Waals surface area contributed by atoms with Crippen LogP contribution in [0.5, 0.6) is 0 Å². The summed E-state index contributed by atoms with van der Waals surface area (Å²) in [7, 11) is 1.01. The molecule has 8 heteroatoms. The molecule has 96 valence electrons. The number of carbonyl (C=O) groups is 1. The summed E-state index contributed by atoms with van der Waals surface area (Å²) in [5.74, 6) is -2.38. The van der Waals surface area contributed by atoms with Gasteiger partial charge in [0.05, 0.1) is 17.6 Å². The van der Waals surface area contributed by atoms with Crippen LogP contribution in [0.15, 0.2) is 17.0 Å². The van der Waals surface area contributed by atoms with Crippen molar-refractivity contribution in [2.45, 2.75) is 10.4 Å². The number of hydrogen-bond donors (Lipinski definition) is 0. The number of halogens is 4. The van der Waals surface area contributed by atoms with Crippen molar-refractivity contribution in [2.75, 3.05) is 7.11 Å². The number of nitriles is 1. The van der Waals surface area contributed by atoms with Gasteiger partial charge in [-0.15, -0.1) is 0 Å². The van der Waals surface area contributed by atoms with Gasteiger partial charge in [-0.25, -0.2) is 9.18 Å². The molecule has 0 saturated heterocycles. The zero-order chi connectivity index (χ0) is 13.9. The first-order valence-electron chi connectivity index (χ1n) is 4.36. The van der Waals surface area contributed by atoms with E-state index >= 15 is 0 Å². The third kappa shape index (κ3) is 3.13. The number of hydrogen-bond acceptors (Lipinski definition) is 4. The van der Waals surface area contributed by atoms with Crippen LogP contribution in [-0.2, 0) is 4.74 Å². The highest BCUT2D eigenvalue weighted by Crippen LogP contribution is 2.39. The Balaban J connectivity index is 3.30. The van der Waals surface area contributed by atoms with Crippen LogP contribution in [0.25, 0.3) is 0 Å². The second kappa shape index (κ2) is 5.27. The van der Waals surface area contributed by atoms with E-state index in [1.54, 1.807) is 0 Å². The molecule has 0 unspecified atom stereocenters. The molecule has 3 nitrogen and oxygen atoms in total. The topological polar surface area (TPSA) is 50.1 Å². The van der Waals surface area contributed by atoms with Gasteiger partial charge < -0.3 is 4.74 Å². The molecule has 0 radical (unpaired) electrons.